The van der Waals surface area contributed by atoms with E-state index in [1.54, 1.807) is 44.1 Å². The highest BCUT2D eigenvalue weighted by Gasteiger charge is 2.10. The number of amides is 1. The maximum atomic E-state index is 12.0. The zero-order chi connectivity index (χ0) is 16.8. The van der Waals surface area contributed by atoms with Gasteiger partial charge in [-0.2, -0.15) is 4.99 Å². The number of carbonyl (C=O) groups is 1. The van der Waals surface area contributed by atoms with Crippen LogP contribution in [0.15, 0.2) is 34.8 Å². The van der Waals surface area contributed by atoms with E-state index in [4.69, 9.17) is 14.2 Å². The molecule has 0 saturated heterocycles. The van der Waals surface area contributed by atoms with Crippen molar-refractivity contribution in [3.8, 4) is 17.2 Å². The van der Waals surface area contributed by atoms with Crippen LogP contribution in [0.25, 0.3) is 6.08 Å². The summed E-state index contributed by atoms with van der Waals surface area (Å²) in [5.41, 5.74) is 0.698. The van der Waals surface area contributed by atoms with Gasteiger partial charge in [-0.1, -0.05) is 0 Å². The molecule has 1 aromatic carbocycles. The number of hydrogen-bond donors (Lipinski definition) is 0. The fraction of sp³-hybridized carbons (Fsp3) is 0.250. The molecule has 2 rings (SSSR count). The van der Waals surface area contributed by atoms with Crippen molar-refractivity contribution >= 4 is 23.3 Å². The summed E-state index contributed by atoms with van der Waals surface area (Å²) in [5, 5.41) is 1.87. The van der Waals surface area contributed by atoms with Gasteiger partial charge in [-0.15, -0.1) is 11.3 Å². The molecule has 0 radical (unpaired) electrons. The van der Waals surface area contributed by atoms with E-state index in [2.05, 4.69) is 4.99 Å². The number of hydrogen-bond acceptors (Lipinski definition) is 5. The van der Waals surface area contributed by atoms with E-state index in [9.17, 15) is 4.79 Å². The van der Waals surface area contributed by atoms with Crippen LogP contribution in [0, 0.1) is 0 Å². The summed E-state index contributed by atoms with van der Waals surface area (Å²) < 4.78 is 17.6. The lowest BCUT2D eigenvalue weighted by atomic mass is 10.1. The molecule has 0 fully saturated rings. The summed E-state index contributed by atoms with van der Waals surface area (Å²) in [4.78, 5) is 16.6. The van der Waals surface area contributed by atoms with E-state index in [-0.39, 0.29) is 5.91 Å². The van der Waals surface area contributed by atoms with Crippen molar-refractivity contribution in [2.24, 2.45) is 12.0 Å². The minimum absolute atomic E-state index is 0.347. The standard InChI is InChI=1S/C16H18N2O4S/c1-18-7-8-23-16(18)17-15(19)6-5-11-9-13(21-3)14(22-4)10-12(11)20-2/h5-10H,1-4H3/b6-5+,17-16?. The van der Waals surface area contributed by atoms with E-state index in [0.717, 1.165) is 0 Å². The third kappa shape index (κ3) is 4.01. The number of nitrogens with zero attached hydrogens (tertiary/aromatic N) is 2. The Hall–Kier alpha value is -2.54. The third-order valence-corrected chi connectivity index (χ3v) is 3.95. The minimum Gasteiger partial charge on any atom is -0.496 e. The monoisotopic (exact) mass is 334 g/mol. The van der Waals surface area contributed by atoms with Gasteiger partial charge in [0.05, 0.1) is 21.3 Å². The van der Waals surface area contributed by atoms with Crippen LogP contribution in [0.5, 0.6) is 17.2 Å². The number of ether oxygens (including phenoxy) is 3. The fourth-order valence-corrected chi connectivity index (χ4v) is 2.65. The Balaban J connectivity index is 2.32. The zero-order valence-corrected chi connectivity index (χ0v) is 14.2. The molecule has 1 aromatic heterocycles. The third-order valence-electron chi connectivity index (χ3n) is 3.11. The van der Waals surface area contributed by atoms with E-state index in [1.807, 2.05) is 18.6 Å². The molecule has 7 heteroatoms. The number of benzene rings is 1. The number of thiazole rings is 1. The van der Waals surface area contributed by atoms with Crippen molar-refractivity contribution in [3.63, 3.8) is 0 Å². The van der Waals surface area contributed by atoms with E-state index < -0.39 is 0 Å². The fourth-order valence-electron chi connectivity index (χ4n) is 1.91. The van der Waals surface area contributed by atoms with Gasteiger partial charge in [0.2, 0.25) is 0 Å². The average Bonchev–Trinajstić information content (AvgIpc) is 2.96. The first-order valence-electron chi connectivity index (χ1n) is 6.76. The molecule has 1 heterocycles. The zero-order valence-electron chi connectivity index (χ0n) is 13.4. The SMILES string of the molecule is COc1cc(OC)c(OC)cc1/C=C/C(=O)N=c1sccn1C. The first-order chi connectivity index (χ1) is 11.1. The van der Waals surface area contributed by atoms with E-state index >= 15 is 0 Å². The Morgan fingerprint density at radius 2 is 1.78 bits per heavy atom. The lowest BCUT2D eigenvalue weighted by Crippen LogP contribution is -2.11. The van der Waals surface area contributed by atoms with Crippen LogP contribution in [0.4, 0.5) is 0 Å². The lowest BCUT2D eigenvalue weighted by Gasteiger charge is -2.11. The van der Waals surface area contributed by atoms with Crippen LogP contribution in [0.3, 0.4) is 0 Å². The molecule has 1 amide bonds. The molecular formula is C16H18N2O4S. The van der Waals surface area contributed by atoms with Gasteiger partial charge in [0.25, 0.3) is 5.91 Å². The predicted molar refractivity (Wildman–Crippen MR) is 89.0 cm³/mol. The molecule has 23 heavy (non-hydrogen) atoms. The molecule has 2 aromatic rings. The molecule has 0 saturated carbocycles. The van der Waals surface area contributed by atoms with Crippen LogP contribution in [0.2, 0.25) is 0 Å². The Bertz CT molecular complexity index is 790. The van der Waals surface area contributed by atoms with E-state index in [0.29, 0.717) is 27.6 Å². The molecular weight excluding hydrogens is 316 g/mol. The normalized spacial score (nSPS) is 11.7. The summed E-state index contributed by atoms with van der Waals surface area (Å²) in [6.07, 6.45) is 4.88. The Morgan fingerprint density at radius 3 is 2.35 bits per heavy atom. The topological polar surface area (TPSA) is 62.1 Å². The van der Waals surface area contributed by atoms with E-state index in [1.165, 1.54) is 17.4 Å². The number of rotatable bonds is 5. The van der Waals surface area contributed by atoms with Gasteiger partial charge in [0.1, 0.15) is 5.75 Å². The molecule has 0 aliphatic heterocycles. The summed E-state index contributed by atoms with van der Waals surface area (Å²) in [6, 6.07) is 3.45. The van der Waals surface area contributed by atoms with Crippen molar-refractivity contribution < 1.29 is 19.0 Å². The highest BCUT2D eigenvalue weighted by molar-refractivity contribution is 7.07. The van der Waals surface area contributed by atoms with Gasteiger partial charge in [-0.05, 0) is 12.1 Å². The molecule has 0 unspecified atom stereocenters. The lowest BCUT2D eigenvalue weighted by molar-refractivity contribution is -0.113. The van der Waals surface area contributed by atoms with Crippen LogP contribution < -0.4 is 19.0 Å². The number of aromatic nitrogens is 1. The molecule has 122 valence electrons. The summed E-state index contributed by atoms with van der Waals surface area (Å²) in [6.45, 7) is 0. The summed E-state index contributed by atoms with van der Waals surface area (Å²) in [5.74, 6) is 1.35. The van der Waals surface area contributed by atoms with Gasteiger partial charge in [-0.25, -0.2) is 0 Å². The molecule has 0 spiro atoms. The quantitative estimate of drug-likeness (QED) is 0.787. The Kier molecular flexibility index (Phi) is 5.59. The maximum Gasteiger partial charge on any atom is 0.272 e. The first-order valence-corrected chi connectivity index (χ1v) is 7.64. The molecule has 0 aliphatic carbocycles. The largest absolute Gasteiger partial charge is 0.496 e. The molecule has 6 nitrogen and oxygen atoms in total. The van der Waals surface area contributed by atoms with Crippen molar-refractivity contribution in [1.82, 2.24) is 4.57 Å². The second kappa shape index (κ2) is 7.64. The second-order valence-electron chi connectivity index (χ2n) is 4.53. The van der Waals surface area contributed by atoms with Crippen molar-refractivity contribution in [2.45, 2.75) is 0 Å². The highest BCUT2D eigenvalue weighted by atomic mass is 32.1. The number of carbonyl (C=O) groups excluding carboxylic acids is 1. The van der Waals surface area contributed by atoms with Crippen LogP contribution in [0.1, 0.15) is 5.56 Å². The van der Waals surface area contributed by atoms with Gasteiger partial charge >= 0.3 is 0 Å². The maximum absolute atomic E-state index is 12.0. The number of aryl methyl sites for hydroxylation is 1. The van der Waals surface area contributed by atoms with Gasteiger partial charge < -0.3 is 18.8 Å². The van der Waals surface area contributed by atoms with Gasteiger partial charge in [0.15, 0.2) is 16.3 Å². The van der Waals surface area contributed by atoms with Crippen molar-refractivity contribution in [1.29, 1.82) is 0 Å². The first kappa shape index (κ1) is 16.8. The molecule has 0 atom stereocenters. The smallest absolute Gasteiger partial charge is 0.272 e. The Labute approximate surface area is 138 Å². The summed E-state index contributed by atoms with van der Waals surface area (Å²) in [7, 11) is 6.49. The van der Waals surface area contributed by atoms with Crippen LogP contribution in [-0.4, -0.2) is 31.8 Å². The van der Waals surface area contributed by atoms with Crippen molar-refractivity contribution in [2.75, 3.05) is 21.3 Å². The molecule has 0 aliphatic rings. The minimum atomic E-state index is -0.347. The Morgan fingerprint density at radius 1 is 1.13 bits per heavy atom. The highest BCUT2D eigenvalue weighted by Crippen LogP contribution is 2.35. The van der Waals surface area contributed by atoms with Gasteiger partial charge in [0, 0.05) is 36.3 Å². The van der Waals surface area contributed by atoms with Gasteiger partial charge in [-0.3, -0.25) is 4.79 Å². The van der Waals surface area contributed by atoms with Crippen LogP contribution >= 0.6 is 11.3 Å². The van der Waals surface area contributed by atoms with Crippen LogP contribution in [-0.2, 0) is 11.8 Å². The molecule has 0 bridgehead atoms. The van der Waals surface area contributed by atoms with Crippen molar-refractivity contribution in [3.05, 3.63) is 40.2 Å². The molecule has 0 N–H and O–H groups in total. The second-order valence-corrected chi connectivity index (χ2v) is 5.40. The summed E-state index contributed by atoms with van der Waals surface area (Å²) >= 11 is 1.40. The predicted octanol–water partition coefficient (Wildman–Crippen LogP) is 2.25. The average molecular weight is 334 g/mol. The number of methoxy groups -OCH3 is 3.